The number of rotatable bonds is 11. The maximum Gasteiger partial charge on any atom is 0.338 e. The predicted molar refractivity (Wildman–Crippen MR) is 102 cm³/mol. The van der Waals surface area contributed by atoms with Gasteiger partial charge in [0.25, 0.3) is 0 Å². The van der Waals surface area contributed by atoms with Crippen molar-refractivity contribution in [2.24, 2.45) is 0 Å². The summed E-state index contributed by atoms with van der Waals surface area (Å²) in [7, 11) is -0.840. The third-order valence-corrected chi connectivity index (χ3v) is 5.68. The molecule has 0 saturated carbocycles. The second kappa shape index (κ2) is 10.5. The van der Waals surface area contributed by atoms with Gasteiger partial charge in [0.1, 0.15) is 0 Å². The monoisotopic (exact) mass is 335 g/mol. The van der Waals surface area contributed by atoms with Crippen molar-refractivity contribution in [2.45, 2.75) is 64.7 Å². The second-order valence-corrected chi connectivity index (χ2v) is 12.9. The molecule has 0 amide bonds. The standard InChI is InChI=1S/C19H33NO2Si/c1-5-22-19(21)17-11-13-18(14-12-17)20-15-9-7-6-8-10-16-23(2,3)4/h11-14,20H,5-10,15-16H2,1-4H3. The van der Waals surface area contributed by atoms with Gasteiger partial charge >= 0.3 is 5.97 Å². The molecule has 0 aliphatic heterocycles. The number of ether oxygens (including phenoxy) is 1. The SMILES string of the molecule is CCOC(=O)c1ccc(NCCCCCCC[Si](C)(C)C)cc1. The van der Waals surface area contributed by atoms with Crippen LogP contribution in [0, 0.1) is 0 Å². The lowest BCUT2D eigenvalue weighted by Crippen LogP contribution is -2.18. The summed E-state index contributed by atoms with van der Waals surface area (Å²) in [6.45, 7) is 10.6. The van der Waals surface area contributed by atoms with Crippen LogP contribution in [-0.4, -0.2) is 27.2 Å². The normalized spacial score (nSPS) is 11.3. The Balaban J connectivity index is 2.11. The first-order valence-corrected chi connectivity index (χ1v) is 12.6. The fourth-order valence-corrected chi connectivity index (χ4v) is 3.79. The number of unbranched alkanes of at least 4 members (excludes halogenated alkanes) is 4. The Morgan fingerprint density at radius 3 is 2.22 bits per heavy atom. The van der Waals surface area contributed by atoms with Crippen LogP contribution in [0.3, 0.4) is 0 Å². The van der Waals surface area contributed by atoms with Gasteiger partial charge in [0.05, 0.1) is 12.2 Å². The quantitative estimate of drug-likeness (QED) is 0.327. The largest absolute Gasteiger partial charge is 0.462 e. The summed E-state index contributed by atoms with van der Waals surface area (Å²) >= 11 is 0. The lowest BCUT2D eigenvalue weighted by molar-refractivity contribution is 0.0526. The molecular weight excluding hydrogens is 302 g/mol. The van der Waals surface area contributed by atoms with Crippen LogP contribution in [0.15, 0.2) is 24.3 Å². The van der Waals surface area contributed by atoms with Crippen LogP contribution >= 0.6 is 0 Å². The molecule has 4 heteroatoms. The second-order valence-electron chi connectivity index (χ2n) is 7.30. The van der Waals surface area contributed by atoms with Crippen LogP contribution in [0.25, 0.3) is 0 Å². The Morgan fingerprint density at radius 1 is 1.00 bits per heavy atom. The first-order valence-electron chi connectivity index (χ1n) is 8.93. The Morgan fingerprint density at radius 2 is 1.61 bits per heavy atom. The van der Waals surface area contributed by atoms with E-state index in [0.29, 0.717) is 12.2 Å². The molecule has 0 spiro atoms. The van der Waals surface area contributed by atoms with E-state index in [9.17, 15) is 4.79 Å². The minimum atomic E-state index is -0.840. The van der Waals surface area contributed by atoms with Crippen LogP contribution in [0.4, 0.5) is 5.69 Å². The van der Waals surface area contributed by atoms with Gasteiger partial charge in [-0.25, -0.2) is 4.79 Å². The number of nitrogens with one attached hydrogen (secondary N) is 1. The van der Waals surface area contributed by atoms with Crippen LogP contribution in [0.5, 0.6) is 0 Å². The van der Waals surface area contributed by atoms with E-state index < -0.39 is 8.07 Å². The molecule has 0 unspecified atom stereocenters. The average molecular weight is 336 g/mol. The lowest BCUT2D eigenvalue weighted by Gasteiger charge is -2.14. The molecule has 130 valence electrons. The molecular formula is C19H33NO2Si. The van der Waals surface area contributed by atoms with Gasteiger partial charge in [0.2, 0.25) is 0 Å². The topological polar surface area (TPSA) is 38.3 Å². The predicted octanol–water partition coefficient (Wildman–Crippen LogP) is 5.56. The third kappa shape index (κ3) is 9.44. The van der Waals surface area contributed by atoms with Gasteiger partial charge in [-0.05, 0) is 37.6 Å². The molecule has 0 saturated heterocycles. The van der Waals surface area contributed by atoms with Crippen molar-refractivity contribution in [3.05, 3.63) is 29.8 Å². The highest BCUT2D eigenvalue weighted by Gasteiger charge is 2.11. The van der Waals surface area contributed by atoms with Crippen molar-refractivity contribution in [1.82, 2.24) is 0 Å². The Hall–Kier alpha value is -1.29. The van der Waals surface area contributed by atoms with Gasteiger partial charge in [0, 0.05) is 20.3 Å². The zero-order chi connectivity index (χ0) is 17.1. The van der Waals surface area contributed by atoms with E-state index in [4.69, 9.17) is 4.74 Å². The first-order chi connectivity index (χ1) is 10.9. The van der Waals surface area contributed by atoms with Crippen molar-refractivity contribution >= 4 is 19.7 Å². The number of hydrogen-bond donors (Lipinski definition) is 1. The van der Waals surface area contributed by atoms with Crippen molar-refractivity contribution in [3.8, 4) is 0 Å². The van der Waals surface area contributed by atoms with Crippen molar-refractivity contribution in [2.75, 3.05) is 18.5 Å². The highest BCUT2D eigenvalue weighted by atomic mass is 28.3. The van der Waals surface area contributed by atoms with Gasteiger partial charge in [-0.2, -0.15) is 0 Å². The fourth-order valence-electron chi connectivity index (χ4n) is 2.48. The van der Waals surface area contributed by atoms with Crippen LogP contribution in [0.1, 0.15) is 49.4 Å². The molecule has 0 aliphatic rings. The molecule has 23 heavy (non-hydrogen) atoms. The summed E-state index contributed by atoms with van der Waals surface area (Å²) in [5.74, 6) is -0.252. The van der Waals surface area contributed by atoms with Gasteiger partial charge in [-0.1, -0.05) is 51.4 Å². The minimum absolute atomic E-state index is 0.252. The lowest BCUT2D eigenvalue weighted by atomic mass is 10.1. The van der Waals surface area contributed by atoms with Crippen LogP contribution in [-0.2, 0) is 4.74 Å². The van der Waals surface area contributed by atoms with E-state index in [-0.39, 0.29) is 5.97 Å². The number of hydrogen-bond acceptors (Lipinski definition) is 3. The summed E-state index contributed by atoms with van der Waals surface area (Å²) in [6, 6.07) is 8.98. The van der Waals surface area contributed by atoms with Crippen molar-refractivity contribution in [1.29, 1.82) is 0 Å². The molecule has 0 atom stereocenters. The van der Waals surface area contributed by atoms with Crippen LogP contribution < -0.4 is 5.32 Å². The molecule has 0 aliphatic carbocycles. The van der Waals surface area contributed by atoms with E-state index in [0.717, 1.165) is 12.2 Å². The molecule has 3 nitrogen and oxygen atoms in total. The summed E-state index contributed by atoms with van der Waals surface area (Å²) in [6.07, 6.45) is 6.61. The van der Waals surface area contributed by atoms with Gasteiger partial charge in [0.15, 0.2) is 0 Å². The van der Waals surface area contributed by atoms with Gasteiger partial charge < -0.3 is 10.1 Å². The summed E-state index contributed by atoms with van der Waals surface area (Å²) < 4.78 is 4.98. The fraction of sp³-hybridized carbons (Fsp3) is 0.632. The zero-order valence-electron chi connectivity index (χ0n) is 15.3. The van der Waals surface area contributed by atoms with Crippen molar-refractivity contribution in [3.63, 3.8) is 0 Å². The van der Waals surface area contributed by atoms with E-state index in [1.807, 2.05) is 31.2 Å². The highest BCUT2D eigenvalue weighted by molar-refractivity contribution is 6.76. The molecule has 0 heterocycles. The van der Waals surface area contributed by atoms with Crippen molar-refractivity contribution < 1.29 is 9.53 Å². The van der Waals surface area contributed by atoms with E-state index in [1.54, 1.807) is 0 Å². The Bertz CT molecular complexity index is 451. The van der Waals surface area contributed by atoms with E-state index in [1.165, 1.54) is 38.1 Å². The highest BCUT2D eigenvalue weighted by Crippen LogP contribution is 2.15. The molecule has 1 aromatic rings. The number of carbonyl (C=O) groups excluding carboxylic acids is 1. The van der Waals surface area contributed by atoms with Crippen LogP contribution in [0.2, 0.25) is 25.7 Å². The molecule has 1 aromatic carbocycles. The summed E-state index contributed by atoms with van der Waals surface area (Å²) in [5.41, 5.74) is 1.68. The zero-order valence-corrected chi connectivity index (χ0v) is 16.3. The molecule has 1 rings (SSSR count). The molecule has 1 N–H and O–H groups in total. The van der Waals surface area contributed by atoms with Gasteiger partial charge in [-0.15, -0.1) is 0 Å². The maximum absolute atomic E-state index is 11.6. The molecule has 0 aromatic heterocycles. The van der Waals surface area contributed by atoms with Gasteiger partial charge in [-0.3, -0.25) is 0 Å². The van der Waals surface area contributed by atoms with E-state index >= 15 is 0 Å². The third-order valence-electron chi connectivity index (χ3n) is 3.83. The molecule has 0 radical (unpaired) electrons. The molecule has 0 bridgehead atoms. The number of anilines is 1. The van der Waals surface area contributed by atoms with E-state index in [2.05, 4.69) is 25.0 Å². The number of esters is 1. The first kappa shape index (κ1) is 19.8. The summed E-state index contributed by atoms with van der Waals surface area (Å²) in [4.78, 5) is 11.6. The molecule has 0 fully saturated rings. The summed E-state index contributed by atoms with van der Waals surface area (Å²) in [5, 5.41) is 3.41. The minimum Gasteiger partial charge on any atom is -0.462 e. The Kier molecular flexibility index (Phi) is 9.00. The Labute approximate surface area is 142 Å². The maximum atomic E-state index is 11.6. The number of benzene rings is 1. The smallest absolute Gasteiger partial charge is 0.338 e. The number of carbonyl (C=O) groups is 1. The average Bonchev–Trinajstić information content (AvgIpc) is 2.49.